The van der Waals surface area contributed by atoms with E-state index in [1.165, 1.54) is 12.1 Å². The molecule has 26 heavy (non-hydrogen) atoms. The van der Waals surface area contributed by atoms with Gasteiger partial charge in [-0.05, 0) is 44.5 Å². The molecule has 1 heterocycles. The van der Waals surface area contributed by atoms with Gasteiger partial charge in [-0.15, -0.1) is 0 Å². The minimum absolute atomic E-state index is 0.00601. The second-order valence-corrected chi connectivity index (χ2v) is 8.23. The summed E-state index contributed by atoms with van der Waals surface area (Å²) in [6.07, 6.45) is 0.193. The molecule has 6 nitrogen and oxygen atoms in total. The second-order valence-electron chi connectivity index (χ2n) is 6.42. The van der Waals surface area contributed by atoms with E-state index in [1.54, 1.807) is 24.3 Å². The third kappa shape index (κ3) is 3.48. The predicted octanol–water partition coefficient (Wildman–Crippen LogP) is 2.62. The van der Waals surface area contributed by atoms with Crippen molar-refractivity contribution >= 4 is 27.5 Å². The van der Waals surface area contributed by atoms with Gasteiger partial charge in [-0.1, -0.05) is 35.4 Å². The van der Waals surface area contributed by atoms with E-state index in [1.807, 2.05) is 26.0 Å². The number of benzene rings is 2. The first-order valence-corrected chi connectivity index (χ1v) is 9.74. The van der Waals surface area contributed by atoms with Crippen LogP contribution in [0.15, 0.2) is 53.4 Å². The minimum Gasteiger partial charge on any atom is -0.324 e. The van der Waals surface area contributed by atoms with Crippen molar-refractivity contribution in [3.63, 3.8) is 0 Å². The number of anilines is 1. The predicted molar refractivity (Wildman–Crippen MR) is 98.0 cm³/mol. The molecule has 1 aliphatic rings. The van der Waals surface area contributed by atoms with E-state index in [0.29, 0.717) is 5.69 Å². The van der Waals surface area contributed by atoms with Gasteiger partial charge >= 0.3 is 0 Å². The van der Waals surface area contributed by atoms with Gasteiger partial charge in [0.15, 0.2) is 0 Å². The van der Waals surface area contributed by atoms with Crippen LogP contribution in [0.3, 0.4) is 0 Å². The van der Waals surface area contributed by atoms with Gasteiger partial charge < -0.3 is 5.32 Å². The Morgan fingerprint density at radius 2 is 1.54 bits per heavy atom. The Balaban J connectivity index is 1.87. The van der Waals surface area contributed by atoms with E-state index in [9.17, 15) is 18.0 Å². The van der Waals surface area contributed by atoms with Crippen molar-refractivity contribution in [1.82, 2.24) is 4.31 Å². The summed E-state index contributed by atoms with van der Waals surface area (Å²) in [4.78, 5) is 24.9. The number of sulfonamides is 1. The van der Waals surface area contributed by atoms with Crippen molar-refractivity contribution in [2.24, 2.45) is 0 Å². The molecule has 2 amide bonds. The highest BCUT2D eigenvalue weighted by atomic mass is 32.2. The smallest absolute Gasteiger partial charge is 0.267 e. The zero-order valence-corrected chi connectivity index (χ0v) is 15.4. The van der Waals surface area contributed by atoms with Gasteiger partial charge in [-0.3, -0.25) is 9.59 Å². The minimum atomic E-state index is -4.07. The lowest BCUT2D eigenvalue weighted by atomic mass is 10.2. The second kappa shape index (κ2) is 6.92. The monoisotopic (exact) mass is 372 g/mol. The van der Waals surface area contributed by atoms with Crippen LogP contribution in [0, 0.1) is 13.8 Å². The van der Waals surface area contributed by atoms with Crippen molar-refractivity contribution in [1.29, 1.82) is 0 Å². The molecule has 1 aliphatic heterocycles. The quantitative estimate of drug-likeness (QED) is 0.894. The molecule has 0 bridgehead atoms. The van der Waals surface area contributed by atoms with Crippen LogP contribution >= 0.6 is 0 Å². The first-order chi connectivity index (χ1) is 12.3. The van der Waals surface area contributed by atoms with Crippen LogP contribution in [0.1, 0.15) is 24.0 Å². The summed E-state index contributed by atoms with van der Waals surface area (Å²) >= 11 is 0. The van der Waals surface area contributed by atoms with Gasteiger partial charge in [-0.2, -0.15) is 0 Å². The van der Waals surface area contributed by atoms with Gasteiger partial charge in [0.2, 0.25) is 11.8 Å². The molecule has 0 unspecified atom stereocenters. The molecule has 1 atom stereocenters. The van der Waals surface area contributed by atoms with Crippen LogP contribution in [0.4, 0.5) is 5.69 Å². The zero-order chi connectivity index (χ0) is 18.9. The molecular weight excluding hydrogens is 352 g/mol. The molecule has 2 aromatic carbocycles. The van der Waals surface area contributed by atoms with Crippen molar-refractivity contribution < 1.29 is 18.0 Å². The molecule has 3 rings (SSSR count). The Hall–Kier alpha value is -2.67. The number of nitrogens with zero attached hydrogens (tertiary/aromatic N) is 1. The van der Waals surface area contributed by atoms with Crippen LogP contribution in [0.5, 0.6) is 0 Å². The number of carbonyl (C=O) groups is 2. The van der Waals surface area contributed by atoms with E-state index in [4.69, 9.17) is 0 Å². The Morgan fingerprint density at radius 1 is 1.00 bits per heavy atom. The van der Waals surface area contributed by atoms with Crippen LogP contribution in [-0.4, -0.2) is 30.6 Å². The van der Waals surface area contributed by atoms with Crippen molar-refractivity contribution in [3.05, 3.63) is 59.7 Å². The largest absolute Gasteiger partial charge is 0.324 e. The molecule has 0 saturated carbocycles. The fraction of sp³-hybridized carbons (Fsp3) is 0.263. The average molecular weight is 372 g/mol. The van der Waals surface area contributed by atoms with Gasteiger partial charge in [0.1, 0.15) is 6.04 Å². The zero-order valence-electron chi connectivity index (χ0n) is 14.6. The maximum absolute atomic E-state index is 12.9. The first-order valence-electron chi connectivity index (χ1n) is 8.30. The number of hydrogen-bond donors (Lipinski definition) is 1. The first kappa shape index (κ1) is 18.1. The van der Waals surface area contributed by atoms with Crippen molar-refractivity contribution in [3.8, 4) is 0 Å². The Kier molecular flexibility index (Phi) is 4.82. The van der Waals surface area contributed by atoms with Crippen LogP contribution in [0.25, 0.3) is 0 Å². The van der Waals surface area contributed by atoms with E-state index < -0.39 is 27.9 Å². The van der Waals surface area contributed by atoms with Gasteiger partial charge in [0, 0.05) is 12.1 Å². The summed E-state index contributed by atoms with van der Waals surface area (Å²) < 4.78 is 26.5. The summed E-state index contributed by atoms with van der Waals surface area (Å²) in [6, 6.07) is 12.3. The fourth-order valence-electron chi connectivity index (χ4n) is 2.89. The highest BCUT2D eigenvalue weighted by molar-refractivity contribution is 7.89. The lowest BCUT2D eigenvalue weighted by Crippen LogP contribution is -2.45. The summed E-state index contributed by atoms with van der Waals surface area (Å²) in [7, 11) is -4.07. The number of rotatable bonds is 4. The average Bonchev–Trinajstić information content (AvgIpc) is 3.00. The van der Waals surface area contributed by atoms with E-state index in [2.05, 4.69) is 5.32 Å². The SMILES string of the molecule is Cc1ccc(NC(=O)[C@H]2CCC(=O)N2S(=O)(=O)c2ccc(C)cc2)cc1. The molecule has 0 radical (unpaired) electrons. The molecule has 0 aliphatic carbocycles. The molecule has 7 heteroatoms. The number of aryl methyl sites for hydroxylation is 2. The molecular formula is C19H20N2O4S. The van der Waals surface area contributed by atoms with Crippen LogP contribution < -0.4 is 5.32 Å². The fourth-order valence-corrected chi connectivity index (χ4v) is 4.49. The third-order valence-corrected chi connectivity index (χ3v) is 6.20. The topological polar surface area (TPSA) is 83.6 Å². The highest BCUT2D eigenvalue weighted by Crippen LogP contribution is 2.28. The Labute approximate surface area is 152 Å². The number of hydrogen-bond acceptors (Lipinski definition) is 4. The molecule has 136 valence electrons. The lowest BCUT2D eigenvalue weighted by Gasteiger charge is -2.23. The Morgan fingerprint density at radius 3 is 2.12 bits per heavy atom. The Bertz CT molecular complexity index is 935. The van der Waals surface area contributed by atoms with E-state index in [-0.39, 0.29) is 17.7 Å². The molecule has 2 aromatic rings. The van der Waals surface area contributed by atoms with Gasteiger partial charge in [-0.25, -0.2) is 12.7 Å². The van der Waals surface area contributed by atoms with Crippen LogP contribution in [-0.2, 0) is 19.6 Å². The van der Waals surface area contributed by atoms with Crippen molar-refractivity contribution in [2.75, 3.05) is 5.32 Å². The maximum Gasteiger partial charge on any atom is 0.267 e. The molecule has 0 aromatic heterocycles. The summed E-state index contributed by atoms with van der Waals surface area (Å²) in [5.74, 6) is -1.06. The standard InChI is InChI=1S/C19H20N2O4S/c1-13-3-7-15(8-4-13)20-19(23)17-11-12-18(22)21(17)26(24,25)16-9-5-14(2)6-10-16/h3-10,17H,11-12H2,1-2H3,(H,20,23)/t17-/m1/s1. The molecule has 1 saturated heterocycles. The molecule has 1 N–H and O–H groups in total. The third-order valence-electron chi connectivity index (χ3n) is 4.36. The lowest BCUT2D eigenvalue weighted by molar-refractivity contribution is -0.128. The molecule has 1 fully saturated rings. The number of nitrogens with one attached hydrogen (secondary N) is 1. The van der Waals surface area contributed by atoms with Gasteiger partial charge in [0.05, 0.1) is 4.90 Å². The maximum atomic E-state index is 12.9. The summed E-state index contributed by atoms with van der Waals surface area (Å²) in [5.41, 5.74) is 2.51. The van der Waals surface area contributed by atoms with E-state index in [0.717, 1.165) is 15.4 Å². The molecule has 0 spiro atoms. The summed E-state index contributed by atoms with van der Waals surface area (Å²) in [6.45, 7) is 3.77. The number of carbonyl (C=O) groups excluding carboxylic acids is 2. The van der Waals surface area contributed by atoms with Crippen molar-refractivity contribution in [2.45, 2.75) is 37.6 Å². The van der Waals surface area contributed by atoms with E-state index >= 15 is 0 Å². The summed E-state index contributed by atoms with van der Waals surface area (Å²) in [5, 5.41) is 2.70. The highest BCUT2D eigenvalue weighted by Gasteiger charge is 2.44. The normalized spacial score (nSPS) is 17.4. The van der Waals surface area contributed by atoms with Crippen LogP contribution in [0.2, 0.25) is 0 Å². The van der Waals surface area contributed by atoms with Gasteiger partial charge in [0.25, 0.3) is 10.0 Å². The number of amides is 2.